The van der Waals surface area contributed by atoms with Crippen LogP contribution in [-0.2, 0) is 16.1 Å². The second-order valence-electron chi connectivity index (χ2n) is 8.38. The van der Waals surface area contributed by atoms with Gasteiger partial charge in [0.2, 0.25) is 0 Å². The summed E-state index contributed by atoms with van der Waals surface area (Å²) in [5, 5.41) is 0.239. The second kappa shape index (κ2) is 10.3. The number of amides is 1. The third kappa shape index (κ3) is 5.11. The summed E-state index contributed by atoms with van der Waals surface area (Å²) in [6.07, 6.45) is 4.62. The first kappa shape index (κ1) is 23.8. The third-order valence-corrected chi connectivity index (χ3v) is 5.27. The number of pyridine rings is 2. The Hall–Kier alpha value is -4.33. The monoisotopic (exact) mass is 470 g/mol. The quantitative estimate of drug-likeness (QED) is 0.244. The smallest absolute Gasteiger partial charge is 0.341 e. The Kier molecular flexibility index (Phi) is 7.01. The van der Waals surface area contributed by atoms with Crippen molar-refractivity contribution in [3.63, 3.8) is 0 Å². The number of ether oxygens (including phenoxy) is 1. The van der Waals surface area contributed by atoms with Gasteiger partial charge in [-0.3, -0.25) is 14.0 Å². The number of hydrogen-bond donors (Lipinski definition) is 0. The van der Waals surface area contributed by atoms with Crippen molar-refractivity contribution in [3.8, 4) is 0 Å². The molecule has 35 heavy (non-hydrogen) atoms. The molecule has 1 aromatic carbocycles. The summed E-state index contributed by atoms with van der Waals surface area (Å²) in [7, 11) is 0. The SMILES string of the molecule is CCOC(=O)c1cc2c(=O)n3ccccc3nc2n(CC(C)C)c1=NC(=O)/C=C\c1ccccc1. The predicted molar refractivity (Wildman–Crippen MR) is 134 cm³/mol. The highest BCUT2D eigenvalue weighted by atomic mass is 16.5. The molecule has 0 aliphatic heterocycles. The molecule has 0 bridgehead atoms. The number of rotatable bonds is 6. The fraction of sp³-hybridized carbons (Fsp3) is 0.222. The number of benzene rings is 1. The largest absolute Gasteiger partial charge is 0.462 e. The number of fused-ring (bicyclic) bond motifs is 2. The maximum Gasteiger partial charge on any atom is 0.341 e. The summed E-state index contributed by atoms with van der Waals surface area (Å²) in [6.45, 7) is 6.19. The molecule has 0 unspecified atom stereocenters. The molecule has 0 fully saturated rings. The second-order valence-corrected chi connectivity index (χ2v) is 8.38. The van der Waals surface area contributed by atoms with Gasteiger partial charge in [0.05, 0.1) is 12.0 Å². The van der Waals surface area contributed by atoms with Gasteiger partial charge >= 0.3 is 5.97 Å². The molecule has 0 aliphatic carbocycles. The van der Waals surface area contributed by atoms with Crippen LogP contribution < -0.4 is 11.0 Å². The molecule has 0 radical (unpaired) electrons. The van der Waals surface area contributed by atoms with E-state index >= 15 is 0 Å². The molecule has 3 aromatic heterocycles. The van der Waals surface area contributed by atoms with Crippen LogP contribution in [-0.4, -0.2) is 32.4 Å². The van der Waals surface area contributed by atoms with Gasteiger partial charge in [-0.05, 0) is 42.7 Å². The molecular weight excluding hydrogens is 444 g/mol. The van der Waals surface area contributed by atoms with Gasteiger partial charge in [-0.25, -0.2) is 9.78 Å². The number of hydrogen-bond acceptors (Lipinski definition) is 5. The summed E-state index contributed by atoms with van der Waals surface area (Å²) in [5.74, 6) is -1.10. The van der Waals surface area contributed by atoms with Crippen molar-refractivity contribution in [2.24, 2.45) is 10.9 Å². The lowest BCUT2D eigenvalue weighted by Gasteiger charge is -2.16. The van der Waals surface area contributed by atoms with Crippen molar-refractivity contribution in [2.45, 2.75) is 27.3 Å². The highest BCUT2D eigenvalue weighted by molar-refractivity contribution is 5.95. The molecule has 1 amide bonds. The lowest BCUT2D eigenvalue weighted by Crippen LogP contribution is -2.33. The van der Waals surface area contributed by atoms with Gasteiger partial charge in [-0.2, -0.15) is 4.99 Å². The number of esters is 1. The van der Waals surface area contributed by atoms with E-state index in [1.807, 2.05) is 44.2 Å². The Bertz CT molecular complexity index is 1560. The molecule has 8 nitrogen and oxygen atoms in total. The molecular formula is C27H26N4O4. The van der Waals surface area contributed by atoms with Gasteiger partial charge in [0.1, 0.15) is 16.9 Å². The molecule has 4 rings (SSSR count). The third-order valence-electron chi connectivity index (χ3n) is 5.27. The van der Waals surface area contributed by atoms with Crippen molar-refractivity contribution in [1.29, 1.82) is 0 Å². The summed E-state index contributed by atoms with van der Waals surface area (Å²) < 4.78 is 8.32. The predicted octanol–water partition coefficient (Wildman–Crippen LogP) is 3.62. The first-order valence-electron chi connectivity index (χ1n) is 11.4. The Morgan fingerprint density at radius 3 is 2.57 bits per heavy atom. The van der Waals surface area contributed by atoms with Crippen LogP contribution >= 0.6 is 0 Å². The highest BCUT2D eigenvalue weighted by Crippen LogP contribution is 2.13. The average Bonchev–Trinajstić information content (AvgIpc) is 2.85. The molecule has 0 spiro atoms. The van der Waals surface area contributed by atoms with Crippen molar-refractivity contribution in [2.75, 3.05) is 6.61 Å². The van der Waals surface area contributed by atoms with Gasteiger partial charge in [-0.1, -0.05) is 50.2 Å². The van der Waals surface area contributed by atoms with Crippen LogP contribution in [0.5, 0.6) is 0 Å². The topological polar surface area (TPSA) is 95.0 Å². The molecule has 0 saturated carbocycles. The van der Waals surface area contributed by atoms with Crippen molar-refractivity contribution >= 4 is 34.6 Å². The van der Waals surface area contributed by atoms with Gasteiger partial charge in [0.15, 0.2) is 5.49 Å². The van der Waals surface area contributed by atoms with E-state index in [9.17, 15) is 14.4 Å². The van der Waals surface area contributed by atoms with E-state index in [0.717, 1.165) is 5.56 Å². The lowest BCUT2D eigenvalue weighted by atomic mass is 10.1. The van der Waals surface area contributed by atoms with Crippen LogP contribution in [0.25, 0.3) is 22.8 Å². The molecule has 0 atom stereocenters. The summed E-state index contributed by atoms with van der Waals surface area (Å²) in [5.41, 5.74) is 1.47. The van der Waals surface area contributed by atoms with Gasteiger partial charge in [0.25, 0.3) is 11.5 Å². The molecule has 8 heteroatoms. The molecule has 0 N–H and O–H groups in total. The van der Waals surface area contributed by atoms with E-state index < -0.39 is 11.9 Å². The minimum Gasteiger partial charge on any atom is -0.462 e. The highest BCUT2D eigenvalue weighted by Gasteiger charge is 2.20. The standard InChI is InChI=1S/C27H26N4O4/c1-4-35-27(34)21-16-20-24(28-22-12-8-9-15-30(22)26(20)33)31(17-18(2)3)25(21)29-23(32)14-13-19-10-6-5-7-11-19/h5-16,18H,4,17H2,1-3H3/b14-13-,29-25?. The van der Waals surface area contributed by atoms with Crippen LogP contribution in [0.15, 0.2) is 76.7 Å². The number of aromatic nitrogens is 3. The van der Waals surface area contributed by atoms with Crippen molar-refractivity contribution in [1.82, 2.24) is 14.0 Å². The average molecular weight is 471 g/mol. The van der Waals surface area contributed by atoms with E-state index in [4.69, 9.17) is 4.74 Å². The fourth-order valence-electron chi connectivity index (χ4n) is 3.77. The Labute approximate surface area is 201 Å². The minimum atomic E-state index is -0.664. The van der Waals surface area contributed by atoms with Crippen molar-refractivity contribution < 1.29 is 14.3 Å². The van der Waals surface area contributed by atoms with Crippen molar-refractivity contribution in [3.05, 3.63) is 93.8 Å². The zero-order chi connectivity index (χ0) is 24.9. The van der Waals surface area contributed by atoms with E-state index in [1.54, 1.807) is 42.0 Å². The lowest BCUT2D eigenvalue weighted by molar-refractivity contribution is -0.113. The molecule has 3 heterocycles. The minimum absolute atomic E-state index is 0.0382. The fourth-order valence-corrected chi connectivity index (χ4v) is 3.77. The first-order valence-corrected chi connectivity index (χ1v) is 11.4. The summed E-state index contributed by atoms with van der Waals surface area (Å²) in [4.78, 5) is 48.1. The van der Waals surface area contributed by atoms with Gasteiger partial charge < -0.3 is 9.30 Å². The number of carbonyl (C=O) groups is 2. The van der Waals surface area contributed by atoms with E-state index in [2.05, 4.69) is 9.98 Å². The maximum atomic E-state index is 13.3. The summed E-state index contributed by atoms with van der Waals surface area (Å²) in [6, 6.07) is 16.0. The number of nitrogens with zero attached hydrogens (tertiary/aromatic N) is 4. The van der Waals surface area contributed by atoms with Crippen LogP contribution in [0, 0.1) is 5.92 Å². The van der Waals surface area contributed by atoms with E-state index in [0.29, 0.717) is 17.8 Å². The molecule has 4 aromatic rings. The Morgan fingerprint density at radius 2 is 1.86 bits per heavy atom. The van der Waals surface area contributed by atoms with Gasteiger partial charge in [-0.15, -0.1) is 0 Å². The normalized spacial score (nSPS) is 12.2. The molecule has 0 aliphatic rings. The van der Waals surface area contributed by atoms with Crippen LogP contribution in [0.4, 0.5) is 0 Å². The summed E-state index contributed by atoms with van der Waals surface area (Å²) >= 11 is 0. The first-order chi connectivity index (χ1) is 16.9. The molecule has 0 saturated heterocycles. The zero-order valence-corrected chi connectivity index (χ0v) is 19.8. The van der Waals surface area contributed by atoms with Crippen LogP contribution in [0.2, 0.25) is 0 Å². The zero-order valence-electron chi connectivity index (χ0n) is 19.8. The maximum absolute atomic E-state index is 13.3. The Morgan fingerprint density at radius 1 is 1.11 bits per heavy atom. The van der Waals surface area contributed by atoms with E-state index in [-0.39, 0.29) is 34.5 Å². The van der Waals surface area contributed by atoms with Crippen LogP contribution in [0.1, 0.15) is 36.7 Å². The number of carbonyl (C=O) groups excluding carboxylic acids is 2. The van der Waals surface area contributed by atoms with E-state index in [1.165, 1.54) is 16.5 Å². The van der Waals surface area contributed by atoms with Crippen LogP contribution in [0.3, 0.4) is 0 Å². The van der Waals surface area contributed by atoms with Gasteiger partial charge in [0, 0.05) is 18.8 Å². The Balaban J connectivity index is 2.03. The molecule has 178 valence electrons.